The maximum atomic E-state index is 5.97. The standard InChI is InChI=1S/C14H17BrO/c1-16-14(10-6-3-2-4-7-10)11-8-5-9-12(14)13(11)15/h2-4,6-7,11-13H,5,8-9H2,1H3/t11-,12+,13?,14?. The smallest absolute Gasteiger partial charge is 0.100 e. The molecule has 2 unspecified atom stereocenters. The lowest BCUT2D eigenvalue weighted by atomic mass is 9.51. The van der Waals surface area contributed by atoms with E-state index in [0.29, 0.717) is 16.7 Å². The lowest BCUT2D eigenvalue weighted by Crippen LogP contribution is -2.64. The Morgan fingerprint density at radius 3 is 2.31 bits per heavy atom. The van der Waals surface area contributed by atoms with E-state index in [2.05, 4.69) is 46.3 Å². The molecule has 0 spiro atoms. The number of ether oxygens (including phenoxy) is 1. The highest BCUT2D eigenvalue weighted by atomic mass is 79.9. The summed E-state index contributed by atoms with van der Waals surface area (Å²) in [5.41, 5.74) is 1.36. The number of rotatable bonds is 2. The first-order valence-electron chi connectivity index (χ1n) is 6.05. The summed E-state index contributed by atoms with van der Waals surface area (Å²) in [6.07, 6.45) is 3.93. The molecule has 2 saturated carbocycles. The molecule has 1 aromatic carbocycles. The Morgan fingerprint density at radius 2 is 1.81 bits per heavy atom. The Labute approximate surface area is 105 Å². The minimum Gasteiger partial charge on any atom is -0.373 e. The lowest BCUT2D eigenvalue weighted by Gasteiger charge is -2.62. The second-order valence-electron chi connectivity index (χ2n) is 4.95. The highest BCUT2D eigenvalue weighted by Gasteiger charge is 2.63. The minimum atomic E-state index is -0.00627. The quantitative estimate of drug-likeness (QED) is 0.751. The van der Waals surface area contributed by atoms with Gasteiger partial charge in [0.1, 0.15) is 5.60 Å². The van der Waals surface area contributed by atoms with Gasteiger partial charge in [0.05, 0.1) is 0 Å². The van der Waals surface area contributed by atoms with Crippen molar-refractivity contribution in [1.29, 1.82) is 0 Å². The third-order valence-corrected chi connectivity index (χ3v) is 5.74. The van der Waals surface area contributed by atoms with E-state index >= 15 is 0 Å². The van der Waals surface area contributed by atoms with Crippen molar-refractivity contribution in [3.8, 4) is 0 Å². The summed E-state index contributed by atoms with van der Waals surface area (Å²) in [7, 11) is 1.87. The zero-order valence-electron chi connectivity index (χ0n) is 9.53. The van der Waals surface area contributed by atoms with Crippen LogP contribution in [0.15, 0.2) is 30.3 Å². The van der Waals surface area contributed by atoms with E-state index in [-0.39, 0.29) is 5.60 Å². The summed E-state index contributed by atoms with van der Waals surface area (Å²) in [6.45, 7) is 0. The molecular weight excluding hydrogens is 264 g/mol. The number of methoxy groups -OCH3 is 1. The minimum absolute atomic E-state index is 0.00627. The fraction of sp³-hybridized carbons (Fsp3) is 0.571. The van der Waals surface area contributed by atoms with Crippen LogP contribution in [0.25, 0.3) is 0 Å². The predicted molar refractivity (Wildman–Crippen MR) is 68.7 cm³/mol. The Morgan fingerprint density at radius 1 is 1.19 bits per heavy atom. The molecule has 2 heteroatoms. The summed E-state index contributed by atoms with van der Waals surface area (Å²) in [4.78, 5) is 0.654. The van der Waals surface area contributed by atoms with E-state index in [1.165, 1.54) is 24.8 Å². The molecule has 0 amide bonds. The first-order valence-corrected chi connectivity index (χ1v) is 6.97. The highest BCUT2D eigenvalue weighted by Crippen LogP contribution is 2.63. The lowest BCUT2D eigenvalue weighted by molar-refractivity contribution is -0.198. The summed E-state index contributed by atoms with van der Waals surface area (Å²) >= 11 is 3.84. The Balaban J connectivity index is 2.02. The van der Waals surface area contributed by atoms with E-state index in [0.717, 1.165) is 0 Å². The number of benzene rings is 1. The summed E-state index contributed by atoms with van der Waals surface area (Å²) in [6, 6.07) is 10.7. The van der Waals surface area contributed by atoms with Gasteiger partial charge >= 0.3 is 0 Å². The molecule has 86 valence electrons. The first kappa shape index (κ1) is 10.8. The number of alkyl halides is 1. The molecule has 3 rings (SSSR count). The topological polar surface area (TPSA) is 9.23 Å². The Hall–Kier alpha value is -0.340. The fourth-order valence-corrected chi connectivity index (χ4v) is 5.08. The monoisotopic (exact) mass is 280 g/mol. The van der Waals surface area contributed by atoms with Crippen LogP contribution < -0.4 is 0 Å². The molecule has 0 aromatic heterocycles. The third kappa shape index (κ3) is 1.20. The van der Waals surface area contributed by atoms with Crippen LogP contribution in [0.2, 0.25) is 0 Å². The van der Waals surface area contributed by atoms with E-state index in [1.54, 1.807) is 0 Å². The van der Waals surface area contributed by atoms with Gasteiger partial charge < -0.3 is 4.74 Å². The average Bonchev–Trinajstić information content (AvgIpc) is 2.38. The zero-order chi connectivity index (χ0) is 11.2. The summed E-state index contributed by atoms with van der Waals surface area (Å²) < 4.78 is 5.97. The average molecular weight is 281 g/mol. The molecule has 0 N–H and O–H groups in total. The SMILES string of the molecule is COC1(c2ccccc2)[C@@H]2CCC[C@H]1C2Br. The van der Waals surface area contributed by atoms with Crippen LogP contribution in [0.5, 0.6) is 0 Å². The van der Waals surface area contributed by atoms with Crippen molar-refractivity contribution in [3.63, 3.8) is 0 Å². The van der Waals surface area contributed by atoms with Gasteiger partial charge in [-0.05, 0) is 18.4 Å². The van der Waals surface area contributed by atoms with Crippen molar-refractivity contribution in [2.24, 2.45) is 11.8 Å². The predicted octanol–water partition coefficient (Wildman–Crippen LogP) is 3.72. The van der Waals surface area contributed by atoms with Crippen LogP contribution in [0.4, 0.5) is 0 Å². The molecule has 0 heterocycles. The molecule has 0 radical (unpaired) electrons. The Bertz CT molecular complexity index is 364. The molecule has 1 aromatic rings. The van der Waals surface area contributed by atoms with Gasteiger partial charge in [-0.2, -0.15) is 0 Å². The van der Waals surface area contributed by atoms with Crippen LogP contribution in [-0.2, 0) is 10.3 Å². The normalized spacial score (nSPS) is 41.5. The molecule has 2 fully saturated rings. The van der Waals surface area contributed by atoms with Crippen molar-refractivity contribution in [3.05, 3.63) is 35.9 Å². The second kappa shape index (κ2) is 3.85. The molecule has 2 aliphatic rings. The van der Waals surface area contributed by atoms with Crippen molar-refractivity contribution >= 4 is 15.9 Å². The maximum absolute atomic E-state index is 5.97. The third-order valence-electron chi connectivity index (χ3n) is 4.46. The van der Waals surface area contributed by atoms with Crippen molar-refractivity contribution < 1.29 is 4.74 Å². The first-order chi connectivity index (χ1) is 7.80. The number of hydrogen-bond acceptors (Lipinski definition) is 1. The van der Waals surface area contributed by atoms with Crippen LogP contribution >= 0.6 is 15.9 Å². The second-order valence-corrected chi connectivity index (χ2v) is 6.01. The van der Waals surface area contributed by atoms with Gasteiger partial charge in [-0.1, -0.05) is 52.7 Å². The molecule has 0 aliphatic heterocycles. The van der Waals surface area contributed by atoms with Crippen LogP contribution in [-0.4, -0.2) is 11.9 Å². The van der Waals surface area contributed by atoms with Gasteiger partial charge in [0.15, 0.2) is 0 Å². The molecule has 0 saturated heterocycles. The van der Waals surface area contributed by atoms with Gasteiger partial charge in [0, 0.05) is 23.8 Å². The zero-order valence-corrected chi connectivity index (χ0v) is 11.1. The van der Waals surface area contributed by atoms with Crippen LogP contribution in [0.1, 0.15) is 24.8 Å². The van der Waals surface area contributed by atoms with E-state index < -0.39 is 0 Å². The fourth-order valence-electron chi connectivity index (χ4n) is 3.76. The van der Waals surface area contributed by atoms with E-state index in [4.69, 9.17) is 4.74 Å². The van der Waals surface area contributed by atoms with Gasteiger partial charge in [-0.15, -0.1) is 0 Å². The van der Waals surface area contributed by atoms with E-state index in [1.807, 2.05) is 7.11 Å². The molecule has 2 aliphatic carbocycles. The summed E-state index contributed by atoms with van der Waals surface area (Å²) in [5, 5.41) is 0. The number of halogens is 1. The van der Waals surface area contributed by atoms with Crippen LogP contribution in [0.3, 0.4) is 0 Å². The van der Waals surface area contributed by atoms with Gasteiger partial charge in [-0.3, -0.25) is 0 Å². The highest BCUT2D eigenvalue weighted by molar-refractivity contribution is 9.09. The summed E-state index contributed by atoms with van der Waals surface area (Å²) in [5.74, 6) is 1.30. The molecule has 4 atom stereocenters. The maximum Gasteiger partial charge on any atom is 0.100 e. The molecule has 2 bridgehead atoms. The van der Waals surface area contributed by atoms with Gasteiger partial charge in [0.2, 0.25) is 0 Å². The molecule has 1 nitrogen and oxygen atoms in total. The van der Waals surface area contributed by atoms with Gasteiger partial charge in [0.25, 0.3) is 0 Å². The van der Waals surface area contributed by atoms with Crippen molar-refractivity contribution in [2.45, 2.75) is 29.7 Å². The Kier molecular flexibility index (Phi) is 2.60. The van der Waals surface area contributed by atoms with E-state index in [9.17, 15) is 0 Å². The molecular formula is C14H17BrO. The van der Waals surface area contributed by atoms with Crippen LogP contribution in [0, 0.1) is 11.8 Å². The number of hydrogen-bond donors (Lipinski definition) is 0. The molecule has 16 heavy (non-hydrogen) atoms. The largest absolute Gasteiger partial charge is 0.373 e. The number of fused-ring (bicyclic) bond motifs is 2. The van der Waals surface area contributed by atoms with Gasteiger partial charge in [-0.25, -0.2) is 0 Å². The van der Waals surface area contributed by atoms with Crippen molar-refractivity contribution in [1.82, 2.24) is 0 Å². The van der Waals surface area contributed by atoms with Crippen molar-refractivity contribution in [2.75, 3.05) is 7.11 Å².